The van der Waals surface area contributed by atoms with Gasteiger partial charge in [-0.2, -0.15) is 0 Å². The Morgan fingerprint density at radius 2 is 2.25 bits per heavy atom. The van der Waals surface area contributed by atoms with Gasteiger partial charge in [0.1, 0.15) is 5.02 Å². The third-order valence-electron chi connectivity index (χ3n) is 3.02. The Morgan fingerprint density at radius 3 is 2.90 bits per heavy atom. The van der Waals surface area contributed by atoms with Gasteiger partial charge in [0.05, 0.1) is 6.10 Å². The highest BCUT2D eigenvalue weighted by molar-refractivity contribution is 6.35. The van der Waals surface area contributed by atoms with Gasteiger partial charge in [-0.05, 0) is 25.8 Å². The van der Waals surface area contributed by atoms with Crippen LogP contribution in [-0.4, -0.2) is 22.1 Å². The van der Waals surface area contributed by atoms with E-state index in [0.717, 1.165) is 12.8 Å². The van der Waals surface area contributed by atoms with E-state index < -0.39 is 0 Å². The summed E-state index contributed by atoms with van der Waals surface area (Å²) in [5, 5.41) is 11.9. The number of hydrogen-bond donors (Lipinski definition) is 2. The van der Waals surface area contributed by atoms with Crippen LogP contribution in [-0.2, 0) is 0 Å². The molecule has 1 unspecified atom stereocenters. The van der Waals surface area contributed by atoms with Crippen molar-refractivity contribution in [3.05, 3.63) is 22.8 Å². The summed E-state index contributed by atoms with van der Waals surface area (Å²) in [5.74, 6) is 0.261. The summed E-state index contributed by atoms with van der Waals surface area (Å²) in [6.45, 7) is 4.17. The summed E-state index contributed by atoms with van der Waals surface area (Å²) >= 11 is 6.15. The molecule has 1 atom stereocenters. The zero-order chi connectivity index (χ0) is 15.0. The van der Waals surface area contributed by atoms with Crippen molar-refractivity contribution in [2.45, 2.75) is 52.1 Å². The van der Waals surface area contributed by atoms with Crippen LogP contribution in [0.4, 0.5) is 0 Å². The standard InChI is InChI=1S/C14H22ClN3O2/c1-3-4-5-6-7-10(2)20-14-12(15)11(8-9-17-14)13(16)18-19/h8-10,19H,3-7H2,1-2H3,(H2,16,18). The van der Waals surface area contributed by atoms with Crippen LogP contribution in [0.2, 0.25) is 5.02 Å². The molecule has 1 heterocycles. The van der Waals surface area contributed by atoms with E-state index in [9.17, 15) is 0 Å². The summed E-state index contributed by atoms with van der Waals surface area (Å²) in [5.41, 5.74) is 5.95. The summed E-state index contributed by atoms with van der Waals surface area (Å²) < 4.78 is 5.73. The van der Waals surface area contributed by atoms with Gasteiger partial charge in [0.15, 0.2) is 5.84 Å². The fraction of sp³-hybridized carbons (Fsp3) is 0.571. The topological polar surface area (TPSA) is 80.7 Å². The van der Waals surface area contributed by atoms with Crippen LogP contribution in [0.15, 0.2) is 17.4 Å². The maximum absolute atomic E-state index is 8.70. The largest absolute Gasteiger partial charge is 0.474 e. The van der Waals surface area contributed by atoms with E-state index >= 15 is 0 Å². The van der Waals surface area contributed by atoms with Crippen LogP contribution in [0.3, 0.4) is 0 Å². The zero-order valence-electron chi connectivity index (χ0n) is 12.0. The van der Waals surface area contributed by atoms with Gasteiger partial charge in [-0.25, -0.2) is 4.98 Å². The number of hydrogen-bond acceptors (Lipinski definition) is 4. The Hall–Kier alpha value is -1.49. The molecule has 0 spiro atoms. The van der Waals surface area contributed by atoms with Crippen molar-refractivity contribution in [1.82, 2.24) is 4.98 Å². The smallest absolute Gasteiger partial charge is 0.233 e. The van der Waals surface area contributed by atoms with Crippen LogP contribution in [0.5, 0.6) is 5.88 Å². The minimum Gasteiger partial charge on any atom is -0.474 e. The SMILES string of the molecule is CCCCCCC(C)Oc1nccc(/C(N)=N/O)c1Cl. The van der Waals surface area contributed by atoms with Crippen molar-refractivity contribution < 1.29 is 9.94 Å². The Morgan fingerprint density at radius 1 is 1.50 bits per heavy atom. The van der Waals surface area contributed by atoms with Crippen molar-refractivity contribution in [3.8, 4) is 5.88 Å². The number of pyridine rings is 1. The molecule has 3 N–H and O–H groups in total. The number of unbranched alkanes of at least 4 members (excludes halogenated alkanes) is 3. The minimum atomic E-state index is -0.0575. The van der Waals surface area contributed by atoms with Gasteiger partial charge in [0.2, 0.25) is 5.88 Å². The summed E-state index contributed by atoms with van der Waals surface area (Å²) in [6, 6.07) is 1.58. The number of nitrogens with two attached hydrogens (primary N) is 1. The molecule has 0 aliphatic heterocycles. The third-order valence-corrected chi connectivity index (χ3v) is 3.38. The van der Waals surface area contributed by atoms with Gasteiger partial charge in [-0.1, -0.05) is 42.9 Å². The molecule has 0 radical (unpaired) electrons. The molecule has 5 nitrogen and oxygen atoms in total. The summed E-state index contributed by atoms with van der Waals surface area (Å²) in [6.07, 6.45) is 7.28. The second-order valence-electron chi connectivity index (χ2n) is 4.74. The molecule has 1 aromatic rings. The van der Waals surface area contributed by atoms with Crippen molar-refractivity contribution in [1.29, 1.82) is 0 Å². The molecule has 0 saturated carbocycles. The molecule has 0 aliphatic rings. The molecule has 0 amide bonds. The van der Waals surface area contributed by atoms with E-state index in [4.69, 9.17) is 27.3 Å². The lowest BCUT2D eigenvalue weighted by atomic mass is 10.1. The first-order chi connectivity index (χ1) is 9.60. The first kappa shape index (κ1) is 16.6. The number of halogens is 1. The van der Waals surface area contributed by atoms with E-state index in [1.54, 1.807) is 6.07 Å². The second-order valence-corrected chi connectivity index (χ2v) is 5.12. The van der Waals surface area contributed by atoms with Crippen molar-refractivity contribution in [2.24, 2.45) is 10.9 Å². The number of amidine groups is 1. The number of aromatic nitrogens is 1. The van der Waals surface area contributed by atoms with Crippen LogP contribution in [0, 0.1) is 0 Å². The molecule has 0 fully saturated rings. The Kier molecular flexibility index (Phi) is 7.15. The predicted octanol–water partition coefficient (Wildman–Crippen LogP) is 3.57. The molecule has 0 saturated heterocycles. The first-order valence-corrected chi connectivity index (χ1v) is 7.27. The molecular formula is C14H22ClN3O2. The van der Waals surface area contributed by atoms with E-state index in [-0.39, 0.29) is 17.0 Å². The molecule has 6 heteroatoms. The highest BCUT2D eigenvalue weighted by Gasteiger charge is 2.14. The van der Waals surface area contributed by atoms with Crippen molar-refractivity contribution >= 4 is 17.4 Å². The molecule has 112 valence electrons. The van der Waals surface area contributed by atoms with Crippen molar-refractivity contribution in [3.63, 3.8) is 0 Å². The van der Waals surface area contributed by atoms with E-state index in [1.807, 2.05) is 6.92 Å². The summed E-state index contributed by atoms with van der Waals surface area (Å²) in [7, 11) is 0. The fourth-order valence-electron chi connectivity index (χ4n) is 1.87. The lowest BCUT2D eigenvalue weighted by molar-refractivity contribution is 0.198. The Bertz CT molecular complexity index is 452. The van der Waals surface area contributed by atoms with E-state index in [1.165, 1.54) is 25.5 Å². The number of ether oxygens (including phenoxy) is 1. The lowest BCUT2D eigenvalue weighted by Gasteiger charge is -2.15. The van der Waals surface area contributed by atoms with Gasteiger partial charge >= 0.3 is 0 Å². The molecule has 20 heavy (non-hydrogen) atoms. The predicted molar refractivity (Wildman–Crippen MR) is 80.6 cm³/mol. The highest BCUT2D eigenvalue weighted by atomic mass is 35.5. The minimum absolute atomic E-state index is 0.0272. The van der Waals surface area contributed by atoms with E-state index in [0.29, 0.717) is 11.4 Å². The fourth-order valence-corrected chi connectivity index (χ4v) is 2.12. The van der Waals surface area contributed by atoms with Gasteiger partial charge < -0.3 is 15.7 Å². The molecule has 0 aromatic carbocycles. The molecule has 0 aliphatic carbocycles. The average Bonchev–Trinajstić information content (AvgIpc) is 2.45. The highest BCUT2D eigenvalue weighted by Crippen LogP contribution is 2.27. The lowest BCUT2D eigenvalue weighted by Crippen LogP contribution is -2.16. The van der Waals surface area contributed by atoms with Crippen molar-refractivity contribution in [2.75, 3.05) is 0 Å². The van der Waals surface area contributed by atoms with Gasteiger partial charge in [-0.15, -0.1) is 0 Å². The third kappa shape index (κ3) is 4.89. The van der Waals surface area contributed by atoms with Crippen LogP contribution in [0.1, 0.15) is 51.5 Å². The summed E-state index contributed by atoms with van der Waals surface area (Å²) in [4.78, 5) is 4.09. The normalized spacial score (nSPS) is 13.2. The van der Waals surface area contributed by atoms with Gasteiger partial charge in [0.25, 0.3) is 0 Å². The quantitative estimate of drug-likeness (QED) is 0.253. The Balaban J connectivity index is 2.63. The zero-order valence-corrected chi connectivity index (χ0v) is 12.7. The first-order valence-electron chi connectivity index (χ1n) is 6.89. The molecule has 0 bridgehead atoms. The monoisotopic (exact) mass is 299 g/mol. The number of nitrogens with zero attached hydrogens (tertiary/aromatic N) is 2. The van der Waals surface area contributed by atoms with Gasteiger partial charge in [-0.3, -0.25) is 0 Å². The Labute approximate surface area is 124 Å². The van der Waals surface area contributed by atoms with E-state index in [2.05, 4.69) is 17.1 Å². The number of oxime groups is 1. The van der Waals surface area contributed by atoms with Crippen LogP contribution >= 0.6 is 11.6 Å². The molecule has 1 rings (SSSR count). The average molecular weight is 300 g/mol. The molecule has 1 aromatic heterocycles. The van der Waals surface area contributed by atoms with Crippen LogP contribution < -0.4 is 10.5 Å². The van der Waals surface area contributed by atoms with Gasteiger partial charge in [0, 0.05) is 11.8 Å². The maximum atomic E-state index is 8.70. The van der Waals surface area contributed by atoms with Crippen LogP contribution in [0.25, 0.3) is 0 Å². The number of rotatable bonds is 8. The maximum Gasteiger partial charge on any atom is 0.233 e. The second kappa shape index (κ2) is 8.64. The molecular weight excluding hydrogens is 278 g/mol.